The standard InChI is InChI=1S/C24H28N4O/c1-3-26-12-14-27(15-13-26)24(29)23-16-22(20-8-10-25-11-9-20)18-28(23)17-21-7-5-4-6-19(21)2/h4-11,16,18H,3,12-15,17H2,1-2H3. The number of likely N-dealkylation sites (N-methyl/N-ethyl adjacent to an activating group) is 1. The predicted molar refractivity (Wildman–Crippen MR) is 116 cm³/mol. The summed E-state index contributed by atoms with van der Waals surface area (Å²) in [6.07, 6.45) is 5.68. The third-order valence-electron chi connectivity index (χ3n) is 5.84. The normalized spacial score (nSPS) is 14.9. The Morgan fingerprint density at radius 3 is 2.41 bits per heavy atom. The van der Waals surface area contributed by atoms with Gasteiger partial charge in [-0.1, -0.05) is 31.2 Å². The monoisotopic (exact) mass is 388 g/mol. The first-order valence-corrected chi connectivity index (χ1v) is 10.3. The van der Waals surface area contributed by atoms with E-state index >= 15 is 0 Å². The van der Waals surface area contributed by atoms with E-state index in [1.54, 1.807) is 12.4 Å². The summed E-state index contributed by atoms with van der Waals surface area (Å²) in [7, 11) is 0. The maximum Gasteiger partial charge on any atom is 0.270 e. The third-order valence-corrected chi connectivity index (χ3v) is 5.84. The molecule has 0 radical (unpaired) electrons. The highest BCUT2D eigenvalue weighted by Gasteiger charge is 2.24. The van der Waals surface area contributed by atoms with E-state index in [4.69, 9.17) is 0 Å². The molecule has 150 valence electrons. The largest absolute Gasteiger partial charge is 0.338 e. The Bertz CT molecular complexity index is 972. The van der Waals surface area contributed by atoms with Gasteiger partial charge in [0.1, 0.15) is 5.69 Å². The molecule has 1 aliphatic heterocycles. The maximum atomic E-state index is 13.4. The zero-order valence-electron chi connectivity index (χ0n) is 17.2. The second kappa shape index (κ2) is 8.62. The van der Waals surface area contributed by atoms with Crippen LogP contribution in [-0.2, 0) is 6.54 Å². The van der Waals surface area contributed by atoms with E-state index in [1.165, 1.54) is 11.1 Å². The van der Waals surface area contributed by atoms with Gasteiger partial charge in [0.15, 0.2) is 0 Å². The molecule has 29 heavy (non-hydrogen) atoms. The molecule has 1 aliphatic rings. The molecule has 0 saturated carbocycles. The van der Waals surface area contributed by atoms with Crippen molar-refractivity contribution in [1.29, 1.82) is 0 Å². The molecule has 0 spiro atoms. The fourth-order valence-corrected chi connectivity index (χ4v) is 3.92. The molecule has 1 amide bonds. The van der Waals surface area contributed by atoms with Crippen LogP contribution in [0.2, 0.25) is 0 Å². The second-order valence-electron chi connectivity index (χ2n) is 7.63. The molecule has 1 saturated heterocycles. The van der Waals surface area contributed by atoms with E-state index in [0.29, 0.717) is 6.54 Å². The van der Waals surface area contributed by atoms with E-state index in [-0.39, 0.29) is 5.91 Å². The first-order valence-electron chi connectivity index (χ1n) is 10.3. The lowest BCUT2D eigenvalue weighted by Gasteiger charge is -2.34. The zero-order chi connectivity index (χ0) is 20.2. The number of carbonyl (C=O) groups is 1. The van der Waals surface area contributed by atoms with Crippen molar-refractivity contribution < 1.29 is 4.79 Å². The Morgan fingerprint density at radius 1 is 1.00 bits per heavy atom. The summed E-state index contributed by atoms with van der Waals surface area (Å²) >= 11 is 0. The van der Waals surface area contributed by atoms with Crippen LogP contribution in [0.15, 0.2) is 61.1 Å². The summed E-state index contributed by atoms with van der Waals surface area (Å²) in [6, 6.07) is 14.4. The minimum Gasteiger partial charge on any atom is -0.338 e. The highest BCUT2D eigenvalue weighted by atomic mass is 16.2. The van der Waals surface area contributed by atoms with E-state index in [1.807, 2.05) is 23.1 Å². The van der Waals surface area contributed by atoms with Crippen molar-refractivity contribution >= 4 is 5.91 Å². The van der Waals surface area contributed by atoms with Gasteiger partial charge < -0.3 is 14.4 Å². The minimum absolute atomic E-state index is 0.120. The van der Waals surface area contributed by atoms with Crippen LogP contribution in [0.3, 0.4) is 0 Å². The number of aromatic nitrogens is 2. The zero-order valence-corrected chi connectivity index (χ0v) is 17.2. The van der Waals surface area contributed by atoms with Crippen molar-refractivity contribution in [2.45, 2.75) is 20.4 Å². The lowest BCUT2D eigenvalue weighted by atomic mass is 10.1. The van der Waals surface area contributed by atoms with Gasteiger partial charge in [0.05, 0.1) is 0 Å². The van der Waals surface area contributed by atoms with Gasteiger partial charge in [-0.05, 0) is 48.4 Å². The minimum atomic E-state index is 0.120. The number of piperazine rings is 1. The molecule has 3 aromatic rings. The number of rotatable bonds is 5. The van der Waals surface area contributed by atoms with Crippen molar-refractivity contribution in [3.63, 3.8) is 0 Å². The number of pyridine rings is 1. The smallest absolute Gasteiger partial charge is 0.270 e. The van der Waals surface area contributed by atoms with Gasteiger partial charge >= 0.3 is 0 Å². The van der Waals surface area contributed by atoms with E-state index in [0.717, 1.165) is 49.5 Å². The fourth-order valence-electron chi connectivity index (χ4n) is 3.92. The number of carbonyl (C=O) groups excluding carboxylic acids is 1. The predicted octanol–water partition coefficient (Wildman–Crippen LogP) is 3.68. The first kappa shape index (κ1) is 19.4. The Labute approximate surface area is 172 Å². The van der Waals surface area contributed by atoms with Gasteiger partial charge in [-0.3, -0.25) is 9.78 Å². The van der Waals surface area contributed by atoms with E-state index < -0.39 is 0 Å². The molecule has 0 unspecified atom stereocenters. The van der Waals surface area contributed by atoms with Gasteiger partial charge in [-0.15, -0.1) is 0 Å². The summed E-state index contributed by atoms with van der Waals surface area (Å²) in [6.45, 7) is 9.47. The Balaban J connectivity index is 1.66. The van der Waals surface area contributed by atoms with Crippen LogP contribution in [0.4, 0.5) is 0 Å². The molecule has 1 aromatic carbocycles. The van der Waals surface area contributed by atoms with Gasteiger partial charge in [0.2, 0.25) is 0 Å². The topological polar surface area (TPSA) is 41.4 Å². The Kier molecular flexibility index (Phi) is 5.76. The summed E-state index contributed by atoms with van der Waals surface area (Å²) in [5.74, 6) is 0.120. The molecular formula is C24H28N4O. The molecule has 1 fully saturated rings. The number of benzene rings is 1. The summed E-state index contributed by atoms with van der Waals surface area (Å²) in [4.78, 5) is 21.9. The van der Waals surface area contributed by atoms with Gasteiger partial charge in [-0.2, -0.15) is 0 Å². The fraction of sp³-hybridized carbons (Fsp3) is 0.333. The van der Waals surface area contributed by atoms with Crippen molar-refractivity contribution in [3.05, 3.63) is 77.9 Å². The van der Waals surface area contributed by atoms with Crippen LogP contribution in [0.1, 0.15) is 28.5 Å². The van der Waals surface area contributed by atoms with Crippen molar-refractivity contribution in [2.24, 2.45) is 0 Å². The first-order chi connectivity index (χ1) is 14.2. The van der Waals surface area contributed by atoms with E-state index in [2.05, 4.69) is 58.8 Å². The summed E-state index contributed by atoms with van der Waals surface area (Å²) < 4.78 is 2.10. The highest BCUT2D eigenvalue weighted by molar-refractivity contribution is 5.94. The van der Waals surface area contributed by atoms with Crippen molar-refractivity contribution in [1.82, 2.24) is 19.4 Å². The highest BCUT2D eigenvalue weighted by Crippen LogP contribution is 2.24. The van der Waals surface area contributed by atoms with Crippen LogP contribution in [0, 0.1) is 6.92 Å². The SMILES string of the molecule is CCN1CCN(C(=O)c2cc(-c3ccncc3)cn2Cc2ccccc2C)CC1. The number of hydrogen-bond acceptors (Lipinski definition) is 3. The lowest BCUT2D eigenvalue weighted by molar-refractivity contribution is 0.0633. The quantitative estimate of drug-likeness (QED) is 0.669. The Morgan fingerprint density at radius 2 is 1.72 bits per heavy atom. The average Bonchev–Trinajstić information content (AvgIpc) is 3.19. The number of nitrogens with zero attached hydrogens (tertiary/aromatic N) is 4. The lowest BCUT2D eigenvalue weighted by Crippen LogP contribution is -2.48. The molecule has 5 heteroatoms. The summed E-state index contributed by atoms with van der Waals surface area (Å²) in [5.41, 5.74) is 5.35. The molecule has 3 heterocycles. The van der Waals surface area contributed by atoms with Gasteiger partial charge in [-0.25, -0.2) is 0 Å². The van der Waals surface area contributed by atoms with Gasteiger partial charge in [0, 0.05) is 56.9 Å². The molecule has 5 nitrogen and oxygen atoms in total. The second-order valence-corrected chi connectivity index (χ2v) is 7.63. The van der Waals surface area contributed by atoms with Crippen LogP contribution >= 0.6 is 0 Å². The molecule has 2 aromatic heterocycles. The van der Waals surface area contributed by atoms with Crippen LogP contribution in [0.25, 0.3) is 11.1 Å². The van der Waals surface area contributed by atoms with Crippen molar-refractivity contribution in [2.75, 3.05) is 32.7 Å². The maximum absolute atomic E-state index is 13.4. The van der Waals surface area contributed by atoms with Gasteiger partial charge in [0.25, 0.3) is 5.91 Å². The Hall–Kier alpha value is -2.92. The summed E-state index contributed by atoms with van der Waals surface area (Å²) in [5, 5.41) is 0. The average molecular weight is 389 g/mol. The van der Waals surface area contributed by atoms with Crippen molar-refractivity contribution in [3.8, 4) is 11.1 Å². The third kappa shape index (κ3) is 4.25. The molecular weight excluding hydrogens is 360 g/mol. The molecule has 0 N–H and O–H groups in total. The van der Waals surface area contributed by atoms with Crippen LogP contribution in [0.5, 0.6) is 0 Å². The molecule has 4 rings (SSSR count). The van der Waals surface area contributed by atoms with Crippen LogP contribution in [-0.4, -0.2) is 58.0 Å². The number of amides is 1. The molecule has 0 atom stereocenters. The van der Waals surface area contributed by atoms with Crippen LogP contribution < -0.4 is 0 Å². The van der Waals surface area contributed by atoms with E-state index in [9.17, 15) is 4.79 Å². The number of aryl methyl sites for hydroxylation is 1. The molecule has 0 bridgehead atoms. The number of hydrogen-bond donors (Lipinski definition) is 0. The molecule has 0 aliphatic carbocycles.